The fourth-order valence-electron chi connectivity index (χ4n) is 1.93. The number of ether oxygens (including phenoxy) is 1. The lowest BCUT2D eigenvalue weighted by atomic mass is 10.1. The molecule has 0 radical (unpaired) electrons. The van der Waals surface area contributed by atoms with Crippen LogP contribution in [0.2, 0.25) is 0 Å². The molecule has 0 spiro atoms. The van der Waals surface area contributed by atoms with Crippen LogP contribution in [0.15, 0.2) is 47.1 Å². The maximum Gasteiger partial charge on any atom is 0.328 e. The largest absolute Gasteiger partial charge is 0.464 e. The second kappa shape index (κ2) is 7.40. The molecule has 1 aromatic heterocycles. The summed E-state index contributed by atoms with van der Waals surface area (Å²) >= 11 is 0. The molecule has 116 valence electrons. The quantitative estimate of drug-likeness (QED) is 0.832. The number of furan rings is 1. The molecule has 0 aliphatic rings. The summed E-state index contributed by atoms with van der Waals surface area (Å²) in [5, 5.41) is 2.57. The smallest absolute Gasteiger partial charge is 0.328 e. The van der Waals surface area contributed by atoms with Gasteiger partial charge in [-0.25, -0.2) is 9.18 Å². The molecule has 0 saturated carbocycles. The Morgan fingerprint density at radius 2 is 2.00 bits per heavy atom. The highest BCUT2D eigenvalue weighted by molar-refractivity contribution is 5.94. The zero-order valence-corrected chi connectivity index (χ0v) is 12.0. The first-order valence-corrected chi connectivity index (χ1v) is 6.85. The Balaban J connectivity index is 2.10. The number of nitrogens with one attached hydrogen (secondary N) is 1. The van der Waals surface area contributed by atoms with Crippen molar-refractivity contribution < 1.29 is 23.1 Å². The van der Waals surface area contributed by atoms with Gasteiger partial charge < -0.3 is 14.5 Å². The number of esters is 1. The van der Waals surface area contributed by atoms with E-state index >= 15 is 0 Å². The van der Waals surface area contributed by atoms with Gasteiger partial charge in [-0.15, -0.1) is 0 Å². The van der Waals surface area contributed by atoms with Gasteiger partial charge in [0.25, 0.3) is 5.91 Å². The number of rotatable bonds is 6. The zero-order chi connectivity index (χ0) is 15.9. The van der Waals surface area contributed by atoms with Crippen molar-refractivity contribution in [1.82, 2.24) is 5.32 Å². The first-order valence-electron chi connectivity index (χ1n) is 6.85. The van der Waals surface area contributed by atoms with Gasteiger partial charge in [-0.3, -0.25) is 4.79 Å². The van der Waals surface area contributed by atoms with E-state index in [0.717, 1.165) is 0 Å². The van der Waals surface area contributed by atoms with Crippen molar-refractivity contribution in [2.75, 3.05) is 6.61 Å². The summed E-state index contributed by atoms with van der Waals surface area (Å²) in [6.45, 7) is 1.89. The maximum absolute atomic E-state index is 12.9. The number of hydrogen-bond donors (Lipinski definition) is 1. The second-order valence-electron chi connectivity index (χ2n) is 4.59. The van der Waals surface area contributed by atoms with E-state index in [4.69, 9.17) is 9.15 Å². The average Bonchev–Trinajstić information content (AvgIpc) is 3.03. The molecule has 1 aromatic carbocycles. The number of halogens is 1. The Kier molecular flexibility index (Phi) is 5.30. The van der Waals surface area contributed by atoms with Crippen LogP contribution in [0.25, 0.3) is 0 Å². The predicted molar refractivity (Wildman–Crippen MR) is 76.7 cm³/mol. The minimum absolute atomic E-state index is 0.105. The second-order valence-corrected chi connectivity index (χ2v) is 4.59. The van der Waals surface area contributed by atoms with Crippen LogP contribution in [0.5, 0.6) is 0 Å². The molecule has 1 heterocycles. The van der Waals surface area contributed by atoms with Crippen molar-refractivity contribution in [1.29, 1.82) is 0 Å². The van der Waals surface area contributed by atoms with Crippen molar-refractivity contribution in [2.45, 2.75) is 19.4 Å². The number of benzene rings is 1. The lowest BCUT2D eigenvalue weighted by Crippen LogP contribution is -2.43. The first kappa shape index (κ1) is 15.8. The Morgan fingerprint density at radius 1 is 1.27 bits per heavy atom. The van der Waals surface area contributed by atoms with Crippen LogP contribution in [-0.4, -0.2) is 24.5 Å². The van der Waals surface area contributed by atoms with Gasteiger partial charge in [-0.05, 0) is 36.8 Å². The van der Waals surface area contributed by atoms with Gasteiger partial charge in [0.15, 0.2) is 5.76 Å². The third kappa shape index (κ3) is 4.18. The van der Waals surface area contributed by atoms with Gasteiger partial charge in [0, 0.05) is 6.42 Å². The molecule has 1 amide bonds. The van der Waals surface area contributed by atoms with Gasteiger partial charge in [0.05, 0.1) is 12.9 Å². The van der Waals surface area contributed by atoms with Gasteiger partial charge in [0.1, 0.15) is 11.9 Å². The molecule has 1 N–H and O–H groups in total. The highest BCUT2D eigenvalue weighted by atomic mass is 19.1. The first-order chi connectivity index (χ1) is 10.6. The fraction of sp³-hybridized carbons (Fsp3) is 0.250. The Hall–Kier alpha value is -2.63. The third-order valence-electron chi connectivity index (χ3n) is 2.97. The van der Waals surface area contributed by atoms with Gasteiger partial charge >= 0.3 is 5.97 Å². The fourth-order valence-corrected chi connectivity index (χ4v) is 1.93. The number of carbonyl (C=O) groups excluding carboxylic acids is 2. The lowest BCUT2D eigenvalue weighted by molar-refractivity contribution is -0.145. The molecular weight excluding hydrogens is 289 g/mol. The van der Waals surface area contributed by atoms with E-state index in [1.165, 1.54) is 24.5 Å². The Labute approximate surface area is 127 Å². The average molecular weight is 305 g/mol. The van der Waals surface area contributed by atoms with Crippen molar-refractivity contribution in [3.05, 3.63) is 59.8 Å². The van der Waals surface area contributed by atoms with Gasteiger partial charge in [-0.1, -0.05) is 12.1 Å². The summed E-state index contributed by atoms with van der Waals surface area (Å²) in [5.41, 5.74) is 0.708. The summed E-state index contributed by atoms with van der Waals surface area (Å²) in [6.07, 6.45) is 1.57. The summed E-state index contributed by atoms with van der Waals surface area (Å²) in [7, 11) is 0. The summed E-state index contributed by atoms with van der Waals surface area (Å²) < 4.78 is 22.9. The standard InChI is InChI=1S/C16H16FNO4/c1-2-21-16(20)13(10-11-5-7-12(17)8-6-11)18-15(19)14-4-3-9-22-14/h3-9,13H,2,10H2,1H3,(H,18,19). The zero-order valence-electron chi connectivity index (χ0n) is 12.0. The topological polar surface area (TPSA) is 68.5 Å². The Morgan fingerprint density at radius 3 is 2.59 bits per heavy atom. The summed E-state index contributed by atoms with van der Waals surface area (Å²) in [6, 6.07) is 7.91. The number of amides is 1. The lowest BCUT2D eigenvalue weighted by Gasteiger charge is -2.16. The molecule has 6 heteroatoms. The van der Waals surface area contributed by atoms with Crippen LogP contribution in [0.3, 0.4) is 0 Å². The minimum Gasteiger partial charge on any atom is -0.464 e. The number of hydrogen-bond acceptors (Lipinski definition) is 4. The van der Waals surface area contributed by atoms with E-state index in [0.29, 0.717) is 5.56 Å². The van der Waals surface area contributed by atoms with Crippen LogP contribution in [-0.2, 0) is 16.0 Å². The molecule has 0 aliphatic heterocycles. The van der Waals surface area contributed by atoms with E-state index in [1.807, 2.05) is 0 Å². The third-order valence-corrected chi connectivity index (χ3v) is 2.97. The SMILES string of the molecule is CCOC(=O)C(Cc1ccc(F)cc1)NC(=O)c1ccco1. The molecular formula is C16H16FNO4. The van der Waals surface area contributed by atoms with E-state index in [-0.39, 0.29) is 24.6 Å². The van der Waals surface area contributed by atoms with Crippen LogP contribution >= 0.6 is 0 Å². The van der Waals surface area contributed by atoms with E-state index < -0.39 is 17.9 Å². The molecule has 22 heavy (non-hydrogen) atoms. The van der Waals surface area contributed by atoms with Crippen molar-refractivity contribution in [2.24, 2.45) is 0 Å². The molecule has 1 unspecified atom stereocenters. The molecule has 0 aliphatic carbocycles. The molecule has 2 rings (SSSR count). The predicted octanol–water partition coefficient (Wildman–Crippen LogP) is 2.32. The van der Waals surface area contributed by atoms with E-state index in [1.54, 1.807) is 25.1 Å². The van der Waals surface area contributed by atoms with Crippen LogP contribution in [0.1, 0.15) is 23.0 Å². The maximum atomic E-state index is 12.9. The van der Waals surface area contributed by atoms with Crippen molar-refractivity contribution in [3.8, 4) is 0 Å². The molecule has 2 aromatic rings. The normalized spacial score (nSPS) is 11.7. The Bertz CT molecular complexity index is 622. The highest BCUT2D eigenvalue weighted by Crippen LogP contribution is 2.08. The van der Waals surface area contributed by atoms with Crippen LogP contribution in [0, 0.1) is 5.82 Å². The van der Waals surface area contributed by atoms with Crippen molar-refractivity contribution in [3.63, 3.8) is 0 Å². The molecule has 0 fully saturated rings. The minimum atomic E-state index is -0.872. The molecule has 1 atom stereocenters. The summed E-state index contributed by atoms with van der Waals surface area (Å²) in [5.74, 6) is -1.32. The van der Waals surface area contributed by atoms with Crippen molar-refractivity contribution >= 4 is 11.9 Å². The van der Waals surface area contributed by atoms with E-state index in [9.17, 15) is 14.0 Å². The molecule has 0 bridgehead atoms. The van der Waals surface area contributed by atoms with Gasteiger partial charge in [-0.2, -0.15) is 0 Å². The highest BCUT2D eigenvalue weighted by Gasteiger charge is 2.24. The van der Waals surface area contributed by atoms with E-state index in [2.05, 4.69) is 5.32 Å². The van der Waals surface area contributed by atoms with Crippen LogP contribution in [0.4, 0.5) is 4.39 Å². The molecule has 5 nitrogen and oxygen atoms in total. The van der Waals surface area contributed by atoms with Crippen LogP contribution < -0.4 is 5.32 Å². The monoisotopic (exact) mass is 305 g/mol. The number of carbonyl (C=O) groups is 2. The molecule has 0 saturated heterocycles. The summed E-state index contributed by atoms with van der Waals surface area (Å²) in [4.78, 5) is 24.0. The van der Waals surface area contributed by atoms with Gasteiger partial charge in [0.2, 0.25) is 0 Å².